The molecule has 0 aromatic heterocycles. The maximum Gasteiger partial charge on any atom is 0.0701 e. The molecule has 2 saturated heterocycles. The number of hydrogen-bond donors (Lipinski definition) is 1. The summed E-state index contributed by atoms with van der Waals surface area (Å²) in [5.74, 6) is 1.28. The first-order valence-electron chi connectivity index (χ1n) is 5.39. The minimum Gasteiger partial charge on any atom is -0.377 e. The van der Waals surface area contributed by atoms with Crippen LogP contribution in [-0.4, -0.2) is 49.5 Å². The van der Waals surface area contributed by atoms with Crippen LogP contribution in [0.5, 0.6) is 0 Å². The molecule has 82 valence electrons. The molecule has 0 spiro atoms. The predicted octanol–water partition coefficient (Wildman–Crippen LogP) is 0.885. The molecule has 0 amide bonds. The lowest BCUT2D eigenvalue weighted by molar-refractivity contribution is 0.103. The van der Waals surface area contributed by atoms with E-state index < -0.39 is 0 Å². The van der Waals surface area contributed by atoms with Crippen LogP contribution in [0.4, 0.5) is 0 Å². The van der Waals surface area contributed by atoms with Gasteiger partial charge < -0.3 is 14.8 Å². The molecule has 2 aliphatic heterocycles. The molecule has 0 bridgehead atoms. The van der Waals surface area contributed by atoms with Gasteiger partial charge in [-0.15, -0.1) is 0 Å². The second-order valence-corrected chi connectivity index (χ2v) is 5.47. The second-order valence-electron chi connectivity index (χ2n) is 3.98. The molecular weight excluding hydrogens is 198 g/mol. The Kier molecular flexibility index (Phi) is 4.10. The maximum absolute atomic E-state index is 5.46. The largest absolute Gasteiger partial charge is 0.377 e. The Hall–Kier alpha value is 0.230. The maximum atomic E-state index is 5.46. The molecule has 0 aromatic rings. The molecule has 2 fully saturated rings. The molecule has 14 heavy (non-hydrogen) atoms. The Morgan fingerprint density at radius 2 is 1.93 bits per heavy atom. The van der Waals surface area contributed by atoms with Crippen LogP contribution in [0, 0.1) is 0 Å². The van der Waals surface area contributed by atoms with Crippen LogP contribution in [0.3, 0.4) is 0 Å². The molecule has 1 N–H and O–H groups in total. The van der Waals surface area contributed by atoms with Crippen LogP contribution < -0.4 is 5.32 Å². The van der Waals surface area contributed by atoms with Crippen LogP contribution in [0.2, 0.25) is 0 Å². The fourth-order valence-corrected chi connectivity index (χ4v) is 3.18. The van der Waals surface area contributed by atoms with Gasteiger partial charge in [-0.25, -0.2) is 0 Å². The van der Waals surface area contributed by atoms with Gasteiger partial charge >= 0.3 is 0 Å². The van der Waals surface area contributed by atoms with Crippen molar-refractivity contribution in [3.05, 3.63) is 0 Å². The summed E-state index contributed by atoms with van der Waals surface area (Å²) in [4.78, 5) is 0. The molecule has 2 atom stereocenters. The van der Waals surface area contributed by atoms with Gasteiger partial charge in [0.2, 0.25) is 0 Å². The van der Waals surface area contributed by atoms with Crippen molar-refractivity contribution in [3.8, 4) is 0 Å². The van der Waals surface area contributed by atoms with Crippen molar-refractivity contribution in [3.63, 3.8) is 0 Å². The highest BCUT2D eigenvalue weighted by atomic mass is 32.2. The summed E-state index contributed by atoms with van der Waals surface area (Å²) in [5.41, 5.74) is 0. The molecule has 2 aliphatic rings. The van der Waals surface area contributed by atoms with Gasteiger partial charge in [0, 0.05) is 11.3 Å². The van der Waals surface area contributed by atoms with E-state index in [1.54, 1.807) is 0 Å². The zero-order valence-electron chi connectivity index (χ0n) is 8.70. The average molecular weight is 217 g/mol. The first-order valence-corrected chi connectivity index (χ1v) is 6.44. The third kappa shape index (κ3) is 2.86. The Bertz CT molecular complexity index is 172. The SMILES string of the molecule is CC1SCCC1NC1COCCOC1. The Labute approximate surface area is 89.9 Å². The molecule has 0 saturated carbocycles. The molecule has 2 heterocycles. The van der Waals surface area contributed by atoms with Crippen LogP contribution >= 0.6 is 11.8 Å². The van der Waals surface area contributed by atoms with Gasteiger partial charge in [-0.1, -0.05) is 6.92 Å². The number of hydrogen-bond acceptors (Lipinski definition) is 4. The predicted molar refractivity (Wildman–Crippen MR) is 58.9 cm³/mol. The van der Waals surface area contributed by atoms with Gasteiger partial charge in [0.1, 0.15) is 0 Å². The lowest BCUT2D eigenvalue weighted by Gasteiger charge is -2.23. The van der Waals surface area contributed by atoms with Crippen molar-refractivity contribution in [2.24, 2.45) is 0 Å². The highest BCUT2D eigenvalue weighted by Gasteiger charge is 2.26. The van der Waals surface area contributed by atoms with E-state index >= 15 is 0 Å². The Morgan fingerprint density at radius 3 is 2.50 bits per heavy atom. The summed E-state index contributed by atoms with van der Waals surface area (Å²) in [6, 6.07) is 1.04. The molecule has 0 aromatic carbocycles. The van der Waals surface area contributed by atoms with Crippen molar-refractivity contribution in [1.29, 1.82) is 0 Å². The molecule has 3 nitrogen and oxygen atoms in total. The van der Waals surface area contributed by atoms with Crippen molar-refractivity contribution in [2.45, 2.75) is 30.7 Å². The summed E-state index contributed by atoms with van der Waals surface area (Å²) < 4.78 is 10.9. The number of rotatable bonds is 2. The Morgan fingerprint density at radius 1 is 1.21 bits per heavy atom. The highest BCUT2D eigenvalue weighted by Crippen LogP contribution is 2.26. The summed E-state index contributed by atoms with van der Waals surface area (Å²) >= 11 is 2.05. The van der Waals surface area contributed by atoms with E-state index in [0.29, 0.717) is 12.1 Å². The van der Waals surface area contributed by atoms with Crippen LogP contribution in [0.15, 0.2) is 0 Å². The zero-order chi connectivity index (χ0) is 9.80. The van der Waals surface area contributed by atoms with E-state index in [1.165, 1.54) is 12.2 Å². The lowest BCUT2D eigenvalue weighted by Crippen LogP contribution is -2.45. The Balaban J connectivity index is 1.77. The van der Waals surface area contributed by atoms with Crippen molar-refractivity contribution >= 4 is 11.8 Å². The normalized spacial score (nSPS) is 35.8. The smallest absolute Gasteiger partial charge is 0.0701 e. The number of thioether (sulfide) groups is 1. The second kappa shape index (κ2) is 5.35. The van der Waals surface area contributed by atoms with Gasteiger partial charge in [0.05, 0.1) is 32.5 Å². The highest BCUT2D eigenvalue weighted by molar-refractivity contribution is 8.00. The van der Waals surface area contributed by atoms with Crippen LogP contribution in [0.25, 0.3) is 0 Å². The van der Waals surface area contributed by atoms with E-state index in [0.717, 1.165) is 31.7 Å². The third-order valence-electron chi connectivity index (χ3n) is 2.84. The van der Waals surface area contributed by atoms with E-state index in [2.05, 4.69) is 24.0 Å². The van der Waals surface area contributed by atoms with Crippen molar-refractivity contribution < 1.29 is 9.47 Å². The molecule has 0 radical (unpaired) electrons. The van der Waals surface area contributed by atoms with Crippen LogP contribution in [0.1, 0.15) is 13.3 Å². The summed E-state index contributed by atoms with van der Waals surface area (Å²) in [5, 5.41) is 4.37. The molecule has 4 heteroatoms. The molecule has 2 unspecified atom stereocenters. The van der Waals surface area contributed by atoms with Gasteiger partial charge in [-0.3, -0.25) is 0 Å². The van der Waals surface area contributed by atoms with E-state index in [4.69, 9.17) is 9.47 Å². The summed E-state index contributed by atoms with van der Waals surface area (Å²) in [6.07, 6.45) is 1.28. The van der Waals surface area contributed by atoms with Gasteiger partial charge in [0.15, 0.2) is 0 Å². The van der Waals surface area contributed by atoms with Gasteiger partial charge in [-0.2, -0.15) is 11.8 Å². The van der Waals surface area contributed by atoms with E-state index in [-0.39, 0.29) is 0 Å². The number of nitrogens with one attached hydrogen (secondary N) is 1. The molecule has 2 rings (SSSR count). The quantitative estimate of drug-likeness (QED) is 0.744. The van der Waals surface area contributed by atoms with Crippen molar-refractivity contribution in [2.75, 3.05) is 32.2 Å². The molecule has 0 aliphatic carbocycles. The minimum atomic E-state index is 0.392. The standard InChI is InChI=1S/C10H19NO2S/c1-8-10(2-5-14-8)11-9-6-12-3-4-13-7-9/h8-11H,2-7H2,1H3. The van der Waals surface area contributed by atoms with E-state index in [1.807, 2.05) is 0 Å². The first-order chi connectivity index (χ1) is 6.86. The molecular formula is C10H19NO2S. The van der Waals surface area contributed by atoms with Crippen LogP contribution in [-0.2, 0) is 9.47 Å². The first kappa shape index (κ1) is 10.7. The zero-order valence-corrected chi connectivity index (χ0v) is 9.52. The fourth-order valence-electron chi connectivity index (χ4n) is 1.97. The minimum absolute atomic E-state index is 0.392. The number of ether oxygens (including phenoxy) is 2. The average Bonchev–Trinajstić information content (AvgIpc) is 2.44. The third-order valence-corrected chi connectivity index (χ3v) is 4.16. The van der Waals surface area contributed by atoms with E-state index in [9.17, 15) is 0 Å². The van der Waals surface area contributed by atoms with Gasteiger partial charge in [0.25, 0.3) is 0 Å². The summed E-state index contributed by atoms with van der Waals surface area (Å²) in [6.45, 7) is 5.38. The topological polar surface area (TPSA) is 30.5 Å². The monoisotopic (exact) mass is 217 g/mol. The van der Waals surface area contributed by atoms with Crippen molar-refractivity contribution in [1.82, 2.24) is 5.32 Å². The summed E-state index contributed by atoms with van der Waals surface area (Å²) in [7, 11) is 0. The lowest BCUT2D eigenvalue weighted by atomic mass is 10.1. The van der Waals surface area contributed by atoms with Gasteiger partial charge in [-0.05, 0) is 12.2 Å². The fraction of sp³-hybridized carbons (Fsp3) is 1.00.